The van der Waals surface area contributed by atoms with Gasteiger partial charge in [0.25, 0.3) is 0 Å². The normalized spacial score (nSPS) is 10.6. The zero-order chi connectivity index (χ0) is 15.7. The molecule has 0 bridgehead atoms. The van der Waals surface area contributed by atoms with Crippen LogP contribution in [0.15, 0.2) is 22.7 Å². The van der Waals surface area contributed by atoms with Crippen LogP contribution in [-0.4, -0.2) is 25.8 Å². The van der Waals surface area contributed by atoms with Crippen molar-refractivity contribution in [2.45, 2.75) is 20.4 Å². The summed E-state index contributed by atoms with van der Waals surface area (Å²) in [7, 11) is 0. The summed E-state index contributed by atoms with van der Waals surface area (Å²) >= 11 is 3.31. The van der Waals surface area contributed by atoms with Crippen molar-refractivity contribution in [3.8, 4) is 0 Å². The summed E-state index contributed by atoms with van der Waals surface area (Å²) in [5, 5.41) is 24.1. The lowest BCUT2D eigenvalue weighted by Crippen LogP contribution is -2.06. The third-order valence-electron chi connectivity index (χ3n) is 3.15. The van der Waals surface area contributed by atoms with Gasteiger partial charge in [-0.25, -0.2) is 4.79 Å². The minimum Gasteiger partial charge on any atom is -0.478 e. The highest BCUT2D eigenvalue weighted by Crippen LogP contribution is 2.25. The lowest BCUT2D eigenvalue weighted by molar-refractivity contribution is -0.386. The lowest BCUT2D eigenvalue weighted by Gasteiger charge is -2.07. The van der Waals surface area contributed by atoms with Crippen molar-refractivity contribution in [3.63, 3.8) is 0 Å². The van der Waals surface area contributed by atoms with Gasteiger partial charge >= 0.3 is 11.7 Å². The van der Waals surface area contributed by atoms with Crippen molar-refractivity contribution in [1.29, 1.82) is 0 Å². The van der Waals surface area contributed by atoms with E-state index in [4.69, 9.17) is 5.11 Å². The van der Waals surface area contributed by atoms with E-state index in [1.54, 1.807) is 19.9 Å². The van der Waals surface area contributed by atoms with Crippen molar-refractivity contribution in [2.75, 3.05) is 0 Å². The number of aryl methyl sites for hydroxylation is 1. The molecule has 0 saturated carbocycles. The summed E-state index contributed by atoms with van der Waals surface area (Å²) in [5.74, 6) is -1.01. The van der Waals surface area contributed by atoms with E-state index in [1.165, 1.54) is 16.8 Å². The van der Waals surface area contributed by atoms with E-state index in [2.05, 4.69) is 21.0 Å². The Labute approximate surface area is 128 Å². The van der Waals surface area contributed by atoms with Crippen molar-refractivity contribution < 1.29 is 14.8 Å². The smallest absolute Gasteiger partial charge is 0.335 e. The second-order valence-electron chi connectivity index (χ2n) is 4.55. The molecule has 0 radical (unpaired) electrons. The van der Waals surface area contributed by atoms with Crippen LogP contribution in [-0.2, 0) is 6.54 Å². The number of carboxylic acid groups (broad SMARTS) is 1. The Morgan fingerprint density at radius 2 is 2.14 bits per heavy atom. The summed E-state index contributed by atoms with van der Waals surface area (Å²) in [6.07, 6.45) is 0. The van der Waals surface area contributed by atoms with Crippen LogP contribution in [0.1, 0.15) is 27.3 Å². The molecule has 0 fully saturated rings. The standard InChI is InChI=1S/C13H12BrN3O4/c1-7-12(17(20)21)8(2)16(15-7)6-10-4-3-9(13(18)19)5-11(10)14/h3-5H,6H2,1-2H3,(H,18,19). The fraction of sp³-hybridized carbons (Fsp3) is 0.231. The molecule has 2 rings (SSSR count). The molecule has 1 heterocycles. The molecule has 1 aromatic heterocycles. The average molecular weight is 354 g/mol. The molecule has 0 aliphatic heterocycles. The molecule has 21 heavy (non-hydrogen) atoms. The number of carboxylic acids is 1. The number of hydrogen-bond donors (Lipinski definition) is 1. The van der Waals surface area contributed by atoms with Crippen LogP contribution in [0, 0.1) is 24.0 Å². The largest absolute Gasteiger partial charge is 0.478 e. The van der Waals surface area contributed by atoms with E-state index in [0.29, 0.717) is 22.4 Å². The van der Waals surface area contributed by atoms with Crippen LogP contribution >= 0.6 is 15.9 Å². The molecule has 0 spiro atoms. The van der Waals surface area contributed by atoms with E-state index in [9.17, 15) is 14.9 Å². The van der Waals surface area contributed by atoms with E-state index in [-0.39, 0.29) is 11.3 Å². The third kappa shape index (κ3) is 2.94. The molecule has 0 saturated heterocycles. The van der Waals surface area contributed by atoms with E-state index >= 15 is 0 Å². The maximum Gasteiger partial charge on any atom is 0.335 e. The Balaban J connectivity index is 2.37. The minimum absolute atomic E-state index is 0.00767. The topological polar surface area (TPSA) is 98.3 Å². The molecule has 0 amide bonds. The van der Waals surface area contributed by atoms with Crippen LogP contribution in [0.5, 0.6) is 0 Å². The third-order valence-corrected chi connectivity index (χ3v) is 3.88. The fourth-order valence-electron chi connectivity index (χ4n) is 2.08. The van der Waals surface area contributed by atoms with Gasteiger partial charge in [0.15, 0.2) is 0 Å². The highest BCUT2D eigenvalue weighted by molar-refractivity contribution is 9.10. The van der Waals surface area contributed by atoms with Crippen LogP contribution < -0.4 is 0 Å². The van der Waals surface area contributed by atoms with Crippen molar-refractivity contribution >= 4 is 27.6 Å². The number of hydrogen-bond acceptors (Lipinski definition) is 4. The lowest BCUT2D eigenvalue weighted by atomic mass is 10.1. The van der Waals surface area contributed by atoms with Gasteiger partial charge in [-0.15, -0.1) is 0 Å². The first-order valence-electron chi connectivity index (χ1n) is 6.01. The first-order chi connectivity index (χ1) is 9.81. The van der Waals surface area contributed by atoms with Gasteiger partial charge < -0.3 is 5.11 Å². The SMILES string of the molecule is Cc1nn(Cc2ccc(C(=O)O)cc2Br)c(C)c1[N+](=O)[O-]. The Morgan fingerprint density at radius 3 is 2.62 bits per heavy atom. The first kappa shape index (κ1) is 15.2. The number of aromatic nitrogens is 2. The molecule has 0 unspecified atom stereocenters. The number of carbonyl (C=O) groups is 1. The van der Waals surface area contributed by atoms with Gasteiger partial charge in [-0.3, -0.25) is 14.8 Å². The van der Waals surface area contributed by atoms with Gasteiger partial charge in [-0.1, -0.05) is 22.0 Å². The Hall–Kier alpha value is -2.22. The van der Waals surface area contributed by atoms with Crippen LogP contribution in [0.3, 0.4) is 0 Å². The Bertz CT molecular complexity index is 739. The summed E-state index contributed by atoms with van der Waals surface area (Å²) in [6, 6.07) is 4.65. The second-order valence-corrected chi connectivity index (χ2v) is 5.40. The molecule has 1 N–H and O–H groups in total. The highest BCUT2D eigenvalue weighted by Gasteiger charge is 2.22. The second kappa shape index (κ2) is 5.65. The van der Waals surface area contributed by atoms with Gasteiger partial charge in [-0.2, -0.15) is 5.10 Å². The number of aromatic carboxylic acids is 1. The fourth-order valence-corrected chi connectivity index (χ4v) is 2.58. The monoisotopic (exact) mass is 353 g/mol. The first-order valence-corrected chi connectivity index (χ1v) is 6.80. The van der Waals surface area contributed by atoms with Crippen LogP contribution in [0.2, 0.25) is 0 Å². The highest BCUT2D eigenvalue weighted by atomic mass is 79.9. The molecule has 2 aromatic rings. The molecular formula is C13H12BrN3O4. The van der Waals surface area contributed by atoms with Gasteiger partial charge in [0.05, 0.1) is 17.0 Å². The predicted octanol–water partition coefficient (Wildman–Crippen LogP) is 2.92. The van der Waals surface area contributed by atoms with Crippen molar-refractivity contribution in [3.05, 3.63) is 55.3 Å². The molecule has 8 heteroatoms. The van der Waals surface area contributed by atoms with Crippen LogP contribution in [0.25, 0.3) is 0 Å². The maximum atomic E-state index is 11.0. The van der Waals surface area contributed by atoms with Crippen LogP contribution in [0.4, 0.5) is 5.69 Å². The van der Waals surface area contributed by atoms with Crippen molar-refractivity contribution in [1.82, 2.24) is 9.78 Å². The van der Waals surface area contributed by atoms with Crippen molar-refractivity contribution in [2.24, 2.45) is 0 Å². The molecule has 110 valence electrons. The summed E-state index contributed by atoms with van der Waals surface area (Å²) in [6.45, 7) is 3.54. The molecule has 1 aromatic carbocycles. The number of halogens is 1. The summed E-state index contributed by atoms with van der Waals surface area (Å²) in [4.78, 5) is 21.4. The number of benzene rings is 1. The average Bonchev–Trinajstić information content (AvgIpc) is 2.66. The number of nitro groups is 1. The minimum atomic E-state index is -1.01. The molecule has 7 nitrogen and oxygen atoms in total. The number of nitrogens with zero attached hydrogens (tertiary/aromatic N) is 3. The van der Waals surface area contributed by atoms with E-state index in [0.717, 1.165) is 5.56 Å². The maximum absolute atomic E-state index is 11.0. The van der Waals surface area contributed by atoms with Gasteiger partial charge in [-0.05, 0) is 31.5 Å². The molecule has 0 atom stereocenters. The summed E-state index contributed by atoms with van der Waals surface area (Å²) in [5.41, 5.74) is 1.79. The van der Waals surface area contributed by atoms with E-state index in [1.807, 2.05) is 0 Å². The Morgan fingerprint density at radius 1 is 1.48 bits per heavy atom. The number of rotatable bonds is 4. The zero-order valence-corrected chi connectivity index (χ0v) is 12.9. The van der Waals surface area contributed by atoms with Gasteiger partial charge in [0.1, 0.15) is 11.4 Å². The van der Waals surface area contributed by atoms with Gasteiger partial charge in [0.2, 0.25) is 0 Å². The summed E-state index contributed by atoms with van der Waals surface area (Å²) < 4.78 is 2.16. The predicted molar refractivity (Wildman–Crippen MR) is 78.6 cm³/mol. The molecule has 0 aliphatic rings. The molecular weight excluding hydrogens is 342 g/mol. The molecule has 0 aliphatic carbocycles. The zero-order valence-electron chi connectivity index (χ0n) is 11.3. The van der Waals surface area contributed by atoms with E-state index < -0.39 is 10.9 Å². The van der Waals surface area contributed by atoms with Gasteiger partial charge in [0, 0.05) is 4.47 Å². The Kier molecular flexibility index (Phi) is 4.08. The quantitative estimate of drug-likeness (QED) is 0.672.